The third-order valence-corrected chi connectivity index (χ3v) is 6.01. The van der Waals surface area contributed by atoms with E-state index in [4.69, 9.17) is 9.47 Å². The van der Waals surface area contributed by atoms with Crippen molar-refractivity contribution in [2.45, 2.75) is 39.0 Å². The van der Waals surface area contributed by atoms with E-state index in [-0.39, 0.29) is 11.8 Å². The molecule has 0 radical (unpaired) electrons. The zero-order valence-corrected chi connectivity index (χ0v) is 19.7. The van der Waals surface area contributed by atoms with Gasteiger partial charge >= 0.3 is 0 Å². The van der Waals surface area contributed by atoms with Gasteiger partial charge in [-0.3, -0.25) is 14.5 Å². The van der Waals surface area contributed by atoms with E-state index in [0.29, 0.717) is 30.9 Å². The van der Waals surface area contributed by atoms with Gasteiger partial charge in [0.1, 0.15) is 11.5 Å². The van der Waals surface area contributed by atoms with Gasteiger partial charge in [-0.25, -0.2) is 0 Å². The third kappa shape index (κ3) is 5.66. The van der Waals surface area contributed by atoms with Gasteiger partial charge in [-0.15, -0.1) is 0 Å². The van der Waals surface area contributed by atoms with Gasteiger partial charge in [0.05, 0.1) is 24.3 Å². The SMILES string of the molecule is CCOc1cccc(-c2ccc(OCCCCCCCN3C(=O)c4ccccc4C3=O)cc2)c1. The number of imide groups is 1. The van der Waals surface area contributed by atoms with Crippen LogP contribution in [0.1, 0.15) is 59.7 Å². The second-order valence-corrected chi connectivity index (χ2v) is 8.41. The lowest BCUT2D eigenvalue weighted by molar-refractivity contribution is 0.0651. The summed E-state index contributed by atoms with van der Waals surface area (Å²) in [6, 6.07) is 23.3. The molecule has 0 unspecified atom stereocenters. The lowest BCUT2D eigenvalue weighted by Gasteiger charge is -2.13. The molecule has 3 aromatic rings. The van der Waals surface area contributed by atoms with Crippen molar-refractivity contribution in [1.82, 2.24) is 4.90 Å². The summed E-state index contributed by atoms with van der Waals surface area (Å²) in [5.41, 5.74) is 3.30. The van der Waals surface area contributed by atoms with Gasteiger partial charge in [0.15, 0.2) is 0 Å². The average molecular weight is 458 g/mol. The van der Waals surface area contributed by atoms with Crippen LogP contribution in [-0.4, -0.2) is 36.5 Å². The lowest BCUT2D eigenvalue weighted by Crippen LogP contribution is -2.30. The number of ether oxygens (including phenoxy) is 2. The Morgan fingerprint density at radius 1 is 0.647 bits per heavy atom. The monoisotopic (exact) mass is 457 g/mol. The highest BCUT2D eigenvalue weighted by molar-refractivity contribution is 6.21. The fourth-order valence-electron chi connectivity index (χ4n) is 4.21. The largest absolute Gasteiger partial charge is 0.494 e. The highest BCUT2D eigenvalue weighted by atomic mass is 16.5. The van der Waals surface area contributed by atoms with Crippen molar-refractivity contribution in [1.29, 1.82) is 0 Å². The molecular formula is C29H31NO4. The van der Waals surface area contributed by atoms with Gasteiger partial charge in [0.2, 0.25) is 0 Å². The van der Waals surface area contributed by atoms with E-state index in [1.54, 1.807) is 24.3 Å². The van der Waals surface area contributed by atoms with E-state index in [9.17, 15) is 9.59 Å². The summed E-state index contributed by atoms with van der Waals surface area (Å²) in [6.07, 6.45) is 4.92. The van der Waals surface area contributed by atoms with Crippen molar-refractivity contribution >= 4 is 11.8 Å². The molecule has 1 aliphatic rings. The first kappa shape index (κ1) is 23.6. The molecule has 0 fully saturated rings. The highest BCUT2D eigenvalue weighted by Crippen LogP contribution is 2.26. The molecule has 5 nitrogen and oxygen atoms in total. The summed E-state index contributed by atoms with van der Waals surface area (Å²) in [7, 11) is 0. The van der Waals surface area contributed by atoms with E-state index < -0.39 is 0 Å². The van der Waals surface area contributed by atoms with Crippen LogP contribution in [0.15, 0.2) is 72.8 Å². The van der Waals surface area contributed by atoms with Crippen molar-refractivity contribution in [2.75, 3.05) is 19.8 Å². The maximum Gasteiger partial charge on any atom is 0.261 e. The number of unbranched alkanes of at least 4 members (excludes halogenated alkanes) is 4. The maximum absolute atomic E-state index is 12.4. The van der Waals surface area contributed by atoms with E-state index in [2.05, 4.69) is 18.2 Å². The molecule has 1 aliphatic heterocycles. The molecule has 3 aromatic carbocycles. The van der Waals surface area contributed by atoms with Crippen LogP contribution in [0.2, 0.25) is 0 Å². The molecule has 1 heterocycles. The Morgan fingerprint density at radius 3 is 2.03 bits per heavy atom. The number of fused-ring (bicyclic) bond motifs is 1. The van der Waals surface area contributed by atoms with Crippen LogP contribution >= 0.6 is 0 Å². The van der Waals surface area contributed by atoms with Gasteiger partial charge in [-0.2, -0.15) is 0 Å². The minimum atomic E-state index is -0.165. The summed E-state index contributed by atoms with van der Waals surface area (Å²) in [5, 5.41) is 0. The fourth-order valence-corrected chi connectivity index (χ4v) is 4.21. The van der Waals surface area contributed by atoms with Crippen molar-refractivity contribution in [3.8, 4) is 22.6 Å². The third-order valence-electron chi connectivity index (χ3n) is 6.01. The number of carbonyl (C=O) groups excluding carboxylic acids is 2. The van der Waals surface area contributed by atoms with Crippen LogP contribution in [0.5, 0.6) is 11.5 Å². The number of hydrogen-bond donors (Lipinski definition) is 0. The van der Waals surface area contributed by atoms with Gasteiger partial charge in [0.25, 0.3) is 11.8 Å². The molecule has 2 amide bonds. The summed E-state index contributed by atoms with van der Waals surface area (Å²) >= 11 is 0. The van der Waals surface area contributed by atoms with E-state index in [0.717, 1.165) is 54.7 Å². The first-order valence-electron chi connectivity index (χ1n) is 12.1. The molecule has 0 bridgehead atoms. The molecule has 176 valence electrons. The van der Waals surface area contributed by atoms with Crippen molar-refractivity contribution < 1.29 is 19.1 Å². The number of rotatable bonds is 12. The second-order valence-electron chi connectivity index (χ2n) is 8.41. The van der Waals surface area contributed by atoms with Crippen molar-refractivity contribution in [2.24, 2.45) is 0 Å². The summed E-state index contributed by atoms with van der Waals surface area (Å²) in [6.45, 7) is 3.81. The quantitative estimate of drug-likeness (QED) is 0.234. The molecule has 4 rings (SSSR count). The maximum atomic E-state index is 12.4. The molecule has 0 atom stereocenters. The van der Waals surface area contributed by atoms with Crippen LogP contribution in [0, 0.1) is 0 Å². The molecule has 0 saturated carbocycles. The van der Waals surface area contributed by atoms with Gasteiger partial charge in [0, 0.05) is 6.54 Å². The first-order chi connectivity index (χ1) is 16.7. The first-order valence-corrected chi connectivity index (χ1v) is 12.1. The molecule has 0 aliphatic carbocycles. The molecular weight excluding hydrogens is 426 g/mol. The highest BCUT2D eigenvalue weighted by Gasteiger charge is 2.34. The van der Waals surface area contributed by atoms with Gasteiger partial charge < -0.3 is 9.47 Å². The average Bonchev–Trinajstić information content (AvgIpc) is 3.11. The minimum absolute atomic E-state index is 0.165. The molecule has 0 N–H and O–H groups in total. The topological polar surface area (TPSA) is 55.8 Å². The molecule has 0 saturated heterocycles. The Balaban J connectivity index is 1.11. The zero-order valence-electron chi connectivity index (χ0n) is 19.7. The lowest BCUT2D eigenvalue weighted by atomic mass is 10.1. The number of benzene rings is 3. The van der Waals surface area contributed by atoms with Gasteiger partial charge in [-0.1, -0.05) is 55.7 Å². The minimum Gasteiger partial charge on any atom is -0.494 e. The standard InChI is InChI=1S/C29H31NO4/c1-2-33-25-12-10-11-23(21-25)22-15-17-24(18-16-22)34-20-9-5-3-4-8-19-30-28(31)26-13-6-7-14-27(26)29(30)32/h6-7,10-18,21H,2-5,8-9,19-20H2,1H3. The number of amides is 2. The van der Waals surface area contributed by atoms with E-state index >= 15 is 0 Å². The predicted molar refractivity (Wildman–Crippen MR) is 133 cm³/mol. The summed E-state index contributed by atoms with van der Waals surface area (Å²) < 4.78 is 11.5. The Bertz CT molecular complexity index is 1090. The number of nitrogens with zero attached hydrogens (tertiary/aromatic N) is 1. The molecule has 0 aromatic heterocycles. The Morgan fingerprint density at radius 2 is 1.32 bits per heavy atom. The summed E-state index contributed by atoms with van der Waals surface area (Å²) in [5.74, 6) is 1.42. The Kier molecular flexibility index (Phi) is 7.97. The predicted octanol–water partition coefficient (Wildman–Crippen LogP) is 6.38. The van der Waals surface area contributed by atoms with E-state index in [1.807, 2.05) is 37.3 Å². The fraction of sp³-hybridized carbons (Fsp3) is 0.310. The molecule has 0 spiro atoms. The van der Waals surface area contributed by atoms with Crippen LogP contribution in [-0.2, 0) is 0 Å². The normalized spacial score (nSPS) is 12.7. The van der Waals surface area contributed by atoms with Crippen LogP contribution < -0.4 is 9.47 Å². The molecule has 34 heavy (non-hydrogen) atoms. The number of carbonyl (C=O) groups is 2. The second kappa shape index (κ2) is 11.5. The van der Waals surface area contributed by atoms with Crippen LogP contribution in [0.25, 0.3) is 11.1 Å². The van der Waals surface area contributed by atoms with Crippen LogP contribution in [0.4, 0.5) is 0 Å². The Labute approximate surface area is 201 Å². The summed E-state index contributed by atoms with van der Waals surface area (Å²) in [4.78, 5) is 26.1. The van der Waals surface area contributed by atoms with Crippen LogP contribution in [0.3, 0.4) is 0 Å². The van der Waals surface area contributed by atoms with Crippen molar-refractivity contribution in [3.05, 3.63) is 83.9 Å². The number of hydrogen-bond acceptors (Lipinski definition) is 4. The smallest absolute Gasteiger partial charge is 0.261 e. The van der Waals surface area contributed by atoms with E-state index in [1.165, 1.54) is 4.90 Å². The van der Waals surface area contributed by atoms with Gasteiger partial charge in [-0.05, 0) is 67.3 Å². The molecule has 5 heteroatoms. The van der Waals surface area contributed by atoms with Crippen molar-refractivity contribution in [3.63, 3.8) is 0 Å². The zero-order chi connectivity index (χ0) is 23.8. The Hall–Kier alpha value is -3.60.